The van der Waals surface area contributed by atoms with Crippen LogP contribution in [0.15, 0.2) is 24.3 Å². The van der Waals surface area contributed by atoms with Crippen molar-refractivity contribution in [1.82, 2.24) is 5.32 Å². The first-order chi connectivity index (χ1) is 8.79. The summed E-state index contributed by atoms with van der Waals surface area (Å²) in [5.74, 6) is 1.49. The smallest absolute Gasteiger partial charge is 0.119 e. The molecule has 0 aromatic heterocycles. The highest BCUT2D eigenvalue weighted by molar-refractivity contribution is 5.32. The molecule has 2 heteroatoms. The zero-order valence-electron chi connectivity index (χ0n) is 13.3. The highest BCUT2D eigenvalue weighted by Gasteiger charge is 2.14. The van der Waals surface area contributed by atoms with Crippen molar-refractivity contribution in [2.75, 3.05) is 13.2 Å². The second kappa shape index (κ2) is 6.95. The van der Waals surface area contributed by atoms with Gasteiger partial charge in [0.15, 0.2) is 0 Å². The molecule has 0 saturated carbocycles. The van der Waals surface area contributed by atoms with Gasteiger partial charge in [0.25, 0.3) is 0 Å². The van der Waals surface area contributed by atoms with Gasteiger partial charge in [-0.3, -0.25) is 0 Å². The molecule has 1 rings (SSSR count). The Balaban J connectivity index is 2.49. The van der Waals surface area contributed by atoms with Crippen molar-refractivity contribution in [1.29, 1.82) is 0 Å². The average Bonchev–Trinajstić information content (AvgIpc) is 2.33. The average molecular weight is 263 g/mol. The van der Waals surface area contributed by atoms with E-state index in [0.29, 0.717) is 12.0 Å². The molecular formula is C17H29NO. The number of benzene rings is 1. The SMILES string of the molecule is CC(CNC(C)C)COc1cccc(C(C)(C)C)c1. The summed E-state index contributed by atoms with van der Waals surface area (Å²) in [4.78, 5) is 0. The van der Waals surface area contributed by atoms with Crippen LogP contribution in [0, 0.1) is 5.92 Å². The van der Waals surface area contributed by atoms with Gasteiger partial charge in [-0.15, -0.1) is 0 Å². The first-order valence-corrected chi connectivity index (χ1v) is 7.25. The standard InChI is InChI=1S/C17H29NO/c1-13(2)18-11-14(3)12-19-16-9-7-8-15(10-16)17(4,5)6/h7-10,13-14,18H,11-12H2,1-6H3. The van der Waals surface area contributed by atoms with Crippen molar-refractivity contribution >= 4 is 0 Å². The van der Waals surface area contributed by atoms with E-state index in [4.69, 9.17) is 4.74 Å². The summed E-state index contributed by atoms with van der Waals surface area (Å²) in [5.41, 5.74) is 1.49. The van der Waals surface area contributed by atoms with Crippen LogP contribution in [0.3, 0.4) is 0 Å². The fraction of sp³-hybridized carbons (Fsp3) is 0.647. The third-order valence-corrected chi connectivity index (χ3v) is 3.11. The lowest BCUT2D eigenvalue weighted by atomic mass is 9.87. The van der Waals surface area contributed by atoms with Gasteiger partial charge in [-0.25, -0.2) is 0 Å². The van der Waals surface area contributed by atoms with Crippen LogP contribution in [0.2, 0.25) is 0 Å². The van der Waals surface area contributed by atoms with Gasteiger partial charge in [0.1, 0.15) is 5.75 Å². The van der Waals surface area contributed by atoms with Crippen molar-refractivity contribution in [3.8, 4) is 5.75 Å². The summed E-state index contributed by atoms with van der Waals surface area (Å²) in [6.07, 6.45) is 0. The van der Waals surface area contributed by atoms with Gasteiger partial charge in [-0.05, 0) is 23.1 Å². The third-order valence-electron chi connectivity index (χ3n) is 3.11. The summed E-state index contributed by atoms with van der Waals surface area (Å²) < 4.78 is 5.90. The Morgan fingerprint density at radius 2 is 1.84 bits per heavy atom. The molecule has 0 bridgehead atoms. The molecule has 2 nitrogen and oxygen atoms in total. The lowest BCUT2D eigenvalue weighted by molar-refractivity contribution is 0.252. The molecule has 0 aliphatic heterocycles. The van der Waals surface area contributed by atoms with Gasteiger partial charge in [-0.2, -0.15) is 0 Å². The predicted octanol–water partition coefficient (Wildman–Crippen LogP) is 4.00. The lowest BCUT2D eigenvalue weighted by Crippen LogP contribution is -2.30. The van der Waals surface area contributed by atoms with Gasteiger partial charge >= 0.3 is 0 Å². The van der Waals surface area contributed by atoms with Crippen molar-refractivity contribution in [3.05, 3.63) is 29.8 Å². The fourth-order valence-corrected chi connectivity index (χ4v) is 1.79. The first kappa shape index (κ1) is 16.0. The van der Waals surface area contributed by atoms with Gasteiger partial charge in [0.2, 0.25) is 0 Å². The zero-order chi connectivity index (χ0) is 14.5. The van der Waals surface area contributed by atoms with Crippen molar-refractivity contribution in [3.63, 3.8) is 0 Å². The minimum absolute atomic E-state index is 0.171. The molecule has 108 valence electrons. The van der Waals surface area contributed by atoms with Crippen LogP contribution in [0.4, 0.5) is 0 Å². The Bertz CT molecular complexity index is 379. The topological polar surface area (TPSA) is 21.3 Å². The molecule has 19 heavy (non-hydrogen) atoms. The van der Waals surface area contributed by atoms with Crippen LogP contribution >= 0.6 is 0 Å². The molecule has 0 amide bonds. The molecule has 1 aromatic carbocycles. The van der Waals surface area contributed by atoms with E-state index in [1.807, 2.05) is 6.07 Å². The van der Waals surface area contributed by atoms with Gasteiger partial charge in [-0.1, -0.05) is 53.7 Å². The number of hydrogen-bond donors (Lipinski definition) is 1. The normalized spacial score (nSPS) is 13.6. The van der Waals surface area contributed by atoms with E-state index in [1.54, 1.807) is 0 Å². The second-order valence-corrected chi connectivity index (χ2v) is 6.76. The maximum atomic E-state index is 5.90. The fourth-order valence-electron chi connectivity index (χ4n) is 1.79. The maximum Gasteiger partial charge on any atom is 0.119 e. The van der Waals surface area contributed by atoms with Gasteiger partial charge < -0.3 is 10.1 Å². The first-order valence-electron chi connectivity index (χ1n) is 7.25. The van der Waals surface area contributed by atoms with Crippen LogP contribution in [0.5, 0.6) is 5.75 Å². The van der Waals surface area contributed by atoms with E-state index in [9.17, 15) is 0 Å². The molecule has 0 fully saturated rings. The van der Waals surface area contributed by atoms with Gasteiger partial charge in [0.05, 0.1) is 6.61 Å². The van der Waals surface area contributed by atoms with E-state index in [1.165, 1.54) is 5.56 Å². The number of nitrogens with one attached hydrogen (secondary N) is 1. The minimum atomic E-state index is 0.171. The number of hydrogen-bond acceptors (Lipinski definition) is 2. The summed E-state index contributed by atoms with van der Waals surface area (Å²) in [7, 11) is 0. The van der Waals surface area contributed by atoms with E-state index in [-0.39, 0.29) is 5.41 Å². The Labute approximate surface area is 118 Å². The molecule has 1 aromatic rings. The van der Waals surface area contributed by atoms with E-state index in [0.717, 1.165) is 18.9 Å². The quantitative estimate of drug-likeness (QED) is 0.837. The third kappa shape index (κ3) is 6.11. The Hall–Kier alpha value is -1.02. The molecule has 1 N–H and O–H groups in total. The monoisotopic (exact) mass is 263 g/mol. The summed E-state index contributed by atoms with van der Waals surface area (Å²) in [6, 6.07) is 8.97. The summed E-state index contributed by atoms with van der Waals surface area (Å²) in [5, 5.41) is 3.44. The molecule has 1 unspecified atom stereocenters. The molecule has 0 spiro atoms. The van der Waals surface area contributed by atoms with E-state index in [2.05, 4.69) is 65.1 Å². The number of ether oxygens (including phenoxy) is 1. The molecule has 0 radical (unpaired) electrons. The zero-order valence-corrected chi connectivity index (χ0v) is 13.3. The molecule has 1 atom stereocenters. The second-order valence-electron chi connectivity index (χ2n) is 6.76. The van der Waals surface area contributed by atoms with Crippen molar-refractivity contribution < 1.29 is 4.74 Å². The Kier molecular flexibility index (Phi) is 5.86. The Morgan fingerprint density at radius 1 is 1.16 bits per heavy atom. The van der Waals surface area contributed by atoms with Crippen LogP contribution in [-0.2, 0) is 5.41 Å². The summed E-state index contributed by atoms with van der Waals surface area (Å²) in [6.45, 7) is 15.0. The minimum Gasteiger partial charge on any atom is -0.493 e. The van der Waals surface area contributed by atoms with Crippen LogP contribution in [0.1, 0.15) is 47.1 Å². The molecule has 0 aliphatic rings. The molecule has 0 saturated heterocycles. The summed E-state index contributed by atoms with van der Waals surface area (Å²) >= 11 is 0. The van der Waals surface area contributed by atoms with Crippen LogP contribution in [-0.4, -0.2) is 19.2 Å². The molecule has 0 heterocycles. The van der Waals surface area contributed by atoms with Crippen LogP contribution < -0.4 is 10.1 Å². The highest BCUT2D eigenvalue weighted by Crippen LogP contribution is 2.25. The van der Waals surface area contributed by atoms with Crippen molar-refractivity contribution in [2.24, 2.45) is 5.92 Å². The maximum absolute atomic E-state index is 5.90. The number of rotatable bonds is 6. The van der Waals surface area contributed by atoms with Crippen LogP contribution in [0.25, 0.3) is 0 Å². The molecule has 0 aliphatic carbocycles. The van der Waals surface area contributed by atoms with E-state index >= 15 is 0 Å². The van der Waals surface area contributed by atoms with Gasteiger partial charge in [0, 0.05) is 18.5 Å². The van der Waals surface area contributed by atoms with Crippen molar-refractivity contribution in [2.45, 2.75) is 53.0 Å². The predicted molar refractivity (Wildman–Crippen MR) is 82.9 cm³/mol. The molecular weight excluding hydrogens is 234 g/mol. The lowest BCUT2D eigenvalue weighted by Gasteiger charge is -2.20. The largest absolute Gasteiger partial charge is 0.493 e. The Morgan fingerprint density at radius 3 is 2.42 bits per heavy atom. The van der Waals surface area contributed by atoms with E-state index < -0.39 is 0 Å². The highest BCUT2D eigenvalue weighted by atomic mass is 16.5.